The molecule has 2 aromatic heterocycles. The molecular weight excluding hydrogens is 973 g/mol. The van der Waals surface area contributed by atoms with Gasteiger partial charge in [-0.2, -0.15) is 9.98 Å². The molecule has 4 amide bonds. The summed E-state index contributed by atoms with van der Waals surface area (Å²) in [4.78, 5) is 82.9. The number of likely N-dealkylation sites (tertiary alicyclic amines) is 2. The van der Waals surface area contributed by atoms with Crippen molar-refractivity contribution in [3.8, 4) is 0 Å². The number of methoxy groups -OCH3 is 1. The van der Waals surface area contributed by atoms with Crippen molar-refractivity contribution in [2.75, 3.05) is 104 Å². The van der Waals surface area contributed by atoms with Crippen LogP contribution in [-0.4, -0.2) is 180 Å². The molecule has 2 aromatic carbocycles. The molecule has 0 bridgehead atoms. The molecule has 0 aliphatic carbocycles. The predicted molar refractivity (Wildman–Crippen MR) is 304 cm³/mol. The fraction of sp³-hybridized carbons (Fsp3) is 0.448. The summed E-state index contributed by atoms with van der Waals surface area (Å²) in [6.07, 6.45) is 12.9. The molecule has 0 unspecified atom stereocenters. The summed E-state index contributed by atoms with van der Waals surface area (Å²) in [7, 11) is 5.40. The van der Waals surface area contributed by atoms with Crippen LogP contribution in [0.15, 0.2) is 107 Å². The second-order valence-electron chi connectivity index (χ2n) is 20.6. The molecule has 0 atom stereocenters. The van der Waals surface area contributed by atoms with Gasteiger partial charge in [0.1, 0.15) is 0 Å². The highest BCUT2D eigenvalue weighted by Gasteiger charge is 2.29. The van der Waals surface area contributed by atoms with E-state index in [2.05, 4.69) is 46.5 Å². The Morgan fingerprint density at radius 2 is 1.08 bits per heavy atom. The number of aliphatic imine (C=N–C) groups is 2. The number of nitrogens with one attached hydrogen (secondary N) is 2. The molecule has 2 fully saturated rings. The van der Waals surface area contributed by atoms with E-state index in [-0.39, 0.29) is 53.5 Å². The van der Waals surface area contributed by atoms with Crippen molar-refractivity contribution in [1.82, 2.24) is 39.4 Å². The molecule has 4 aliphatic heterocycles. The lowest BCUT2D eigenvalue weighted by Crippen LogP contribution is -2.49. The maximum absolute atomic E-state index is 13.6. The molecule has 6 N–H and O–H groups in total. The standard InChI is InChI=1S/C58H76N14O5/c1-40(2)54(74)72-35-20-42(21-36-72)50-9-7-28-62-53(50)66-58(60)64-46-16-12-44(13-17-46)56(76)68(4)48-24-31-70(32-25-48)38-37-69-29-22-47(23-30-69)67(3)55(75)43-10-14-45(15-11-43)63-57(59)65-52-49(8-6-27-61-52)41-18-33-71(34-19-41)51(73)26-39-77-5/h6-18,20,27-28,40,47-48H,19,21-26,29-39H2,1-5H3,(H3,59,61,63,65)(H3,60,62,64,66). The van der Waals surface area contributed by atoms with Crippen molar-refractivity contribution in [1.29, 1.82) is 0 Å². The minimum Gasteiger partial charge on any atom is -0.384 e. The van der Waals surface area contributed by atoms with Crippen LogP contribution >= 0.6 is 0 Å². The van der Waals surface area contributed by atoms with E-state index in [9.17, 15) is 19.2 Å². The zero-order valence-electron chi connectivity index (χ0n) is 45.4. The first-order valence-corrected chi connectivity index (χ1v) is 27.0. The van der Waals surface area contributed by atoms with Crippen LogP contribution in [0.4, 0.5) is 23.0 Å². The van der Waals surface area contributed by atoms with Gasteiger partial charge in [0.05, 0.1) is 13.0 Å². The Morgan fingerprint density at radius 1 is 0.649 bits per heavy atom. The lowest BCUT2D eigenvalue weighted by Gasteiger charge is -2.39. The predicted octanol–water partition coefficient (Wildman–Crippen LogP) is 6.29. The molecule has 4 aromatic rings. The van der Waals surface area contributed by atoms with Crippen molar-refractivity contribution in [2.24, 2.45) is 27.4 Å². The van der Waals surface area contributed by atoms with Crippen LogP contribution in [-0.2, 0) is 14.3 Å². The van der Waals surface area contributed by atoms with E-state index in [1.807, 2.05) is 126 Å². The lowest BCUT2D eigenvalue weighted by atomic mass is 9.99. The van der Waals surface area contributed by atoms with E-state index in [0.717, 1.165) is 87.2 Å². The monoisotopic (exact) mass is 1050 g/mol. The average Bonchev–Trinajstić information content (AvgIpc) is 3.46. The summed E-state index contributed by atoms with van der Waals surface area (Å²) in [5.74, 6) is 1.52. The summed E-state index contributed by atoms with van der Waals surface area (Å²) in [5.41, 5.74) is 19.3. The van der Waals surface area contributed by atoms with Crippen molar-refractivity contribution < 1.29 is 23.9 Å². The van der Waals surface area contributed by atoms with Crippen LogP contribution in [0, 0.1) is 5.92 Å². The third-order valence-corrected chi connectivity index (χ3v) is 15.2. The molecule has 408 valence electrons. The van der Waals surface area contributed by atoms with Crippen LogP contribution in [0.3, 0.4) is 0 Å². The number of guanidine groups is 2. The van der Waals surface area contributed by atoms with E-state index in [4.69, 9.17) is 16.2 Å². The van der Waals surface area contributed by atoms with Crippen LogP contribution in [0.1, 0.15) is 90.6 Å². The Kier molecular flexibility index (Phi) is 19.2. The Hall–Kier alpha value is -7.48. The number of amides is 4. The van der Waals surface area contributed by atoms with E-state index in [1.165, 1.54) is 0 Å². The molecule has 2 saturated heterocycles. The van der Waals surface area contributed by atoms with Gasteiger partial charge >= 0.3 is 0 Å². The number of carbonyl (C=O) groups excluding carboxylic acids is 4. The van der Waals surface area contributed by atoms with Crippen molar-refractivity contribution in [2.45, 2.75) is 70.9 Å². The lowest BCUT2D eigenvalue weighted by molar-refractivity contribution is -0.134. The number of anilines is 2. The normalized spacial score (nSPS) is 17.4. The smallest absolute Gasteiger partial charge is 0.253 e. The molecule has 77 heavy (non-hydrogen) atoms. The number of rotatable bonds is 17. The Morgan fingerprint density at radius 3 is 1.47 bits per heavy atom. The van der Waals surface area contributed by atoms with Crippen LogP contribution < -0.4 is 22.1 Å². The number of nitrogens with zero attached hydrogens (tertiary/aromatic N) is 10. The molecule has 0 saturated carbocycles. The molecule has 0 radical (unpaired) electrons. The maximum atomic E-state index is 13.6. The zero-order valence-corrected chi connectivity index (χ0v) is 45.4. The van der Waals surface area contributed by atoms with Gasteiger partial charge in [0, 0.05) is 151 Å². The first kappa shape index (κ1) is 55.7. The Balaban J connectivity index is 0.732. The average molecular weight is 1050 g/mol. The summed E-state index contributed by atoms with van der Waals surface area (Å²) in [5, 5.41) is 6.28. The van der Waals surface area contributed by atoms with E-state index in [0.29, 0.717) is 86.2 Å². The van der Waals surface area contributed by atoms with E-state index >= 15 is 0 Å². The number of nitrogens with two attached hydrogens (primary N) is 2. The quantitative estimate of drug-likeness (QED) is 0.0675. The first-order chi connectivity index (χ1) is 37.2. The van der Waals surface area contributed by atoms with Crippen LogP contribution in [0.2, 0.25) is 0 Å². The van der Waals surface area contributed by atoms with Gasteiger partial charge in [0.25, 0.3) is 11.8 Å². The SMILES string of the molecule is COCCC(=O)N1CC=C(c2cccnc2/N=C(\N)Nc2ccc(C(=O)N(C)C3CCN(CCN4CCC(N(C)C(=O)c5ccc(N/C(N)=N/c6ncccc6C6=CCN(C(=O)C(C)C)CC6)cc5)CC4)CC3)cc2)CC1. The van der Waals surface area contributed by atoms with Crippen molar-refractivity contribution >= 4 is 69.7 Å². The molecule has 8 rings (SSSR count). The third-order valence-electron chi connectivity index (χ3n) is 15.2. The summed E-state index contributed by atoms with van der Waals surface area (Å²) in [6.45, 7) is 12.2. The number of hydrogen-bond donors (Lipinski definition) is 4. The highest BCUT2D eigenvalue weighted by Crippen LogP contribution is 2.31. The van der Waals surface area contributed by atoms with Gasteiger partial charge in [0.2, 0.25) is 11.8 Å². The minimum atomic E-state index is -0.0390. The number of pyridine rings is 2. The molecule has 19 nitrogen and oxygen atoms in total. The molecule has 6 heterocycles. The molecule has 0 spiro atoms. The fourth-order valence-corrected chi connectivity index (χ4v) is 10.5. The van der Waals surface area contributed by atoms with Crippen LogP contribution in [0.5, 0.6) is 0 Å². The second kappa shape index (κ2) is 26.5. The van der Waals surface area contributed by atoms with E-state index < -0.39 is 0 Å². The summed E-state index contributed by atoms with van der Waals surface area (Å²) < 4.78 is 5.06. The Labute approximate surface area is 453 Å². The van der Waals surface area contributed by atoms with E-state index in [1.54, 1.807) is 19.5 Å². The van der Waals surface area contributed by atoms with Crippen molar-refractivity contribution in [3.63, 3.8) is 0 Å². The Bertz CT molecular complexity index is 2820. The van der Waals surface area contributed by atoms with Gasteiger partial charge in [0.15, 0.2) is 23.6 Å². The van der Waals surface area contributed by atoms with Gasteiger partial charge in [-0.1, -0.05) is 26.0 Å². The number of benzene rings is 2. The molecule has 19 heteroatoms. The van der Waals surface area contributed by atoms with Gasteiger partial charge < -0.3 is 56.2 Å². The number of carbonyl (C=O) groups is 4. The topological polar surface area (TPSA) is 224 Å². The second-order valence-corrected chi connectivity index (χ2v) is 20.6. The van der Waals surface area contributed by atoms with Gasteiger partial charge in [-0.3, -0.25) is 19.2 Å². The van der Waals surface area contributed by atoms with Crippen LogP contribution in [0.25, 0.3) is 11.1 Å². The molecule has 4 aliphatic rings. The highest BCUT2D eigenvalue weighted by molar-refractivity contribution is 5.98. The summed E-state index contributed by atoms with van der Waals surface area (Å²) in [6, 6.07) is 22.6. The van der Waals surface area contributed by atoms with Gasteiger partial charge in [-0.05, 0) is 122 Å². The maximum Gasteiger partial charge on any atom is 0.253 e. The molecular formula is C58H76N14O5. The van der Waals surface area contributed by atoms with Gasteiger partial charge in [-0.15, -0.1) is 0 Å². The largest absolute Gasteiger partial charge is 0.384 e. The number of ether oxygens (including phenoxy) is 1. The summed E-state index contributed by atoms with van der Waals surface area (Å²) >= 11 is 0. The first-order valence-electron chi connectivity index (χ1n) is 27.0. The number of hydrogen-bond acceptors (Lipinski definition) is 11. The number of piperidine rings is 2. The third kappa shape index (κ3) is 14.7. The number of aromatic nitrogens is 2. The van der Waals surface area contributed by atoms with Gasteiger partial charge in [-0.25, -0.2) is 9.97 Å². The zero-order chi connectivity index (χ0) is 54.4. The minimum absolute atomic E-state index is 0.0104. The van der Waals surface area contributed by atoms with Crippen molar-refractivity contribution in [3.05, 3.63) is 120 Å². The fourth-order valence-electron chi connectivity index (χ4n) is 10.5. The highest BCUT2D eigenvalue weighted by atomic mass is 16.5.